The number of ether oxygens (including phenoxy) is 2. The van der Waals surface area contributed by atoms with Crippen molar-refractivity contribution in [1.82, 2.24) is 0 Å². The number of hydrogen-bond donors (Lipinski definition) is 1. The maximum Gasteiger partial charge on any atom is 0.172 e. The minimum absolute atomic E-state index is 0.0914. The normalized spacial score (nSPS) is 10.3. The van der Waals surface area contributed by atoms with Gasteiger partial charge in [-0.1, -0.05) is 12.1 Å². The Morgan fingerprint density at radius 3 is 2.32 bits per heavy atom. The van der Waals surface area contributed by atoms with Crippen molar-refractivity contribution in [1.29, 1.82) is 0 Å². The fourth-order valence-electron chi connectivity index (χ4n) is 1.81. The van der Waals surface area contributed by atoms with Gasteiger partial charge >= 0.3 is 0 Å². The SMILES string of the molecule is COc1cc(-c2cccc(OC)c2F)cc(F)c1N. The molecular weight excluding hydrogens is 252 g/mol. The van der Waals surface area contributed by atoms with Gasteiger partial charge in [0.25, 0.3) is 0 Å². The lowest BCUT2D eigenvalue weighted by Gasteiger charge is -2.11. The minimum atomic E-state index is -0.656. The molecule has 5 heteroatoms. The number of rotatable bonds is 3. The first-order valence-corrected chi connectivity index (χ1v) is 5.54. The lowest BCUT2D eigenvalue weighted by molar-refractivity contribution is 0.387. The molecule has 2 N–H and O–H groups in total. The Kier molecular flexibility index (Phi) is 3.55. The molecule has 0 saturated carbocycles. The van der Waals surface area contributed by atoms with Crippen LogP contribution in [0.3, 0.4) is 0 Å². The minimum Gasteiger partial charge on any atom is -0.494 e. The number of nitrogen functional groups attached to an aromatic ring is 1. The van der Waals surface area contributed by atoms with E-state index in [2.05, 4.69) is 0 Å². The lowest BCUT2D eigenvalue weighted by Crippen LogP contribution is -1.98. The smallest absolute Gasteiger partial charge is 0.172 e. The Hall–Kier alpha value is -2.30. The molecule has 0 aliphatic heterocycles. The van der Waals surface area contributed by atoms with E-state index in [1.54, 1.807) is 6.07 Å². The molecule has 2 aromatic rings. The molecule has 2 aromatic carbocycles. The Labute approximate surface area is 109 Å². The van der Waals surface area contributed by atoms with Crippen molar-refractivity contribution >= 4 is 5.69 Å². The second-order valence-electron chi connectivity index (χ2n) is 3.90. The standard InChI is InChI=1S/C14H13F2NO2/c1-18-11-5-3-4-9(13(11)16)8-6-10(15)14(17)12(7-8)19-2/h3-7H,17H2,1-2H3. The van der Waals surface area contributed by atoms with Crippen molar-refractivity contribution in [2.24, 2.45) is 0 Å². The fourth-order valence-corrected chi connectivity index (χ4v) is 1.81. The summed E-state index contributed by atoms with van der Waals surface area (Å²) in [6, 6.07) is 7.29. The van der Waals surface area contributed by atoms with E-state index in [-0.39, 0.29) is 22.7 Å². The summed E-state index contributed by atoms with van der Waals surface area (Å²) in [6.07, 6.45) is 0. The highest BCUT2D eigenvalue weighted by Gasteiger charge is 2.14. The molecule has 0 atom stereocenters. The zero-order valence-electron chi connectivity index (χ0n) is 10.5. The second kappa shape index (κ2) is 5.14. The first-order valence-electron chi connectivity index (χ1n) is 5.54. The Balaban J connectivity index is 2.62. The highest BCUT2D eigenvalue weighted by atomic mass is 19.1. The van der Waals surface area contributed by atoms with Crippen LogP contribution in [0.15, 0.2) is 30.3 Å². The monoisotopic (exact) mass is 265 g/mol. The molecule has 0 heterocycles. The van der Waals surface area contributed by atoms with E-state index >= 15 is 0 Å². The summed E-state index contributed by atoms with van der Waals surface area (Å²) in [4.78, 5) is 0. The van der Waals surface area contributed by atoms with Crippen LogP contribution < -0.4 is 15.2 Å². The van der Waals surface area contributed by atoms with E-state index in [1.807, 2.05) is 0 Å². The predicted molar refractivity (Wildman–Crippen MR) is 69.3 cm³/mol. The number of anilines is 1. The molecule has 0 spiro atoms. The summed E-state index contributed by atoms with van der Waals surface area (Å²) < 4.78 is 37.6. The topological polar surface area (TPSA) is 44.5 Å². The maximum atomic E-state index is 14.1. The van der Waals surface area contributed by atoms with E-state index in [1.165, 1.54) is 32.4 Å². The van der Waals surface area contributed by atoms with E-state index in [0.29, 0.717) is 5.56 Å². The molecule has 0 bridgehead atoms. The van der Waals surface area contributed by atoms with Gasteiger partial charge in [-0.2, -0.15) is 0 Å². The van der Waals surface area contributed by atoms with Crippen molar-refractivity contribution < 1.29 is 18.3 Å². The molecule has 0 unspecified atom stereocenters. The largest absolute Gasteiger partial charge is 0.494 e. The highest BCUT2D eigenvalue weighted by Crippen LogP contribution is 2.34. The summed E-state index contributed by atoms with van der Waals surface area (Å²) in [6.45, 7) is 0. The average molecular weight is 265 g/mol. The maximum absolute atomic E-state index is 14.1. The van der Waals surface area contributed by atoms with Gasteiger partial charge in [-0.25, -0.2) is 8.78 Å². The molecule has 0 aliphatic rings. The van der Waals surface area contributed by atoms with Crippen LogP contribution in [0.25, 0.3) is 11.1 Å². The predicted octanol–water partition coefficient (Wildman–Crippen LogP) is 3.23. The van der Waals surface area contributed by atoms with Gasteiger partial charge in [-0.15, -0.1) is 0 Å². The van der Waals surface area contributed by atoms with Gasteiger partial charge in [-0.3, -0.25) is 0 Å². The first-order chi connectivity index (χ1) is 9.08. The van der Waals surface area contributed by atoms with Gasteiger partial charge in [0, 0.05) is 5.56 Å². The number of halogens is 2. The van der Waals surface area contributed by atoms with Gasteiger partial charge in [0.15, 0.2) is 17.4 Å². The van der Waals surface area contributed by atoms with Crippen LogP contribution in [0.2, 0.25) is 0 Å². The molecule has 100 valence electrons. The van der Waals surface area contributed by atoms with Gasteiger partial charge in [-0.05, 0) is 23.8 Å². The molecule has 0 fully saturated rings. The van der Waals surface area contributed by atoms with Crippen LogP contribution in [0.1, 0.15) is 0 Å². The van der Waals surface area contributed by atoms with Crippen molar-refractivity contribution in [2.75, 3.05) is 20.0 Å². The molecule has 0 aliphatic carbocycles. The van der Waals surface area contributed by atoms with Crippen LogP contribution in [-0.4, -0.2) is 14.2 Å². The lowest BCUT2D eigenvalue weighted by atomic mass is 10.0. The molecule has 3 nitrogen and oxygen atoms in total. The highest BCUT2D eigenvalue weighted by molar-refractivity contribution is 5.72. The molecule has 0 amide bonds. The van der Waals surface area contributed by atoms with Crippen LogP contribution >= 0.6 is 0 Å². The second-order valence-corrected chi connectivity index (χ2v) is 3.90. The molecule has 0 aromatic heterocycles. The Bertz CT molecular complexity index is 615. The van der Waals surface area contributed by atoms with Gasteiger partial charge < -0.3 is 15.2 Å². The van der Waals surface area contributed by atoms with E-state index in [9.17, 15) is 8.78 Å². The molecular formula is C14H13F2NO2. The molecule has 0 radical (unpaired) electrons. The van der Waals surface area contributed by atoms with Gasteiger partial charge in [0.05, 0.1) is 14.2 Å². The third kappa shape index (κ3) is 2.31. The van der Waals surface area contributed by atoms with Crippen molar-refractivity contribution in [2.45, 2.75) is 0 Å². The Morgan fingerprint density at radius 1 is 1.00 bits per heavy atom. The average Bonchev–Trinajstić information content (AvgIpc) is 2.42. The van der Waals surface area contributed by atoms with Crippen LogP contribution in [0.5, 0.6) is 11.5 Å². The fraction of sp³-hybridized carbons (Fsp3) is 0.143. The summed E-state index contributed by atoms with van der Waals surface area (Å²) in [5, 5.41) is 0. The third-order valence-electron chi connectivity index (χ3n) is 2.81. The van der Waals surface area contributed by atoms with Crippen molar-refractivity contribution in [3.05, 3.63) is 42.0 Å². The zero-order chi connectivity index (χ0) is 14.0. The summed E-state index contributed by atoms with van der Waals surface area (Å²) >= 11 is 0. The van der Waals surface area contributed by atoms with Crippen molar-refractivity contribution in [3.8, 4) is 22.6 Å². The first kappa shape index (κ1) is 13.1. The molecule has 2 rings (SSSR count). The number of nitrogens with two attached hydrogens (primary N) is 1. The molecule has 19 heavy (non-hydrogen) atoms. The Morgan fingerprint density at radius 2 is 1.68 bits per heavy atom. The zero-order valence-corrected chi connectivity index (χ0v) is 10.5. The van der Waals surface area contributed by atoms with E-state index < -0.39 is 11.6 Å². The molecule has 0 saturated heterocycles. The summed E-state index contributed by atoms with van der Waals surface area (Å²) in [7, 11) is 2.74. The number of benzene rings is 2. The van der Waals surface area contributed by atoms with Gasteiger partial charge in [0.2, 0.25) is 0 Å². The van der Waals surface area contributed by atoms with Crippen LogP contribution in [-0.2, 0) is 0 Å². The van der Waals surface area contributed by atoms with Crippen LogP contribution in [0, 0.1) is 11.6 Å². The summed E-state index contributed by atoms with van der Waals surface area (Å²) in [5.41, 5.74) is 5.97. The van der Waals surface area contributed by atoms with Crippen molar-refractivity contribution in [3.63, 3.8) is 0 Å². The third-order valence-corrected chi connectivity index (χ3v) is 2.81. The van der Waals surface area contributed by atoms with E-state index in [4.69, 9.17) is 15.2 Å². The number of methoxy groups -OCH3 is 2. The van der Waals surface area contributed by atoms with Gasteiger partial charge in [0.1, 0.15) is 11.4 Å². The summed E-state index contributed by atoms with van der Waals surface area (Å²) in [5.74, 6) is -0.960. The van der Waals surface area contributed by atoms with Crippen LogP contribution in [0.4, 0.5) is 14.5 Å². The van der Waals surface area contributed by atoms with E-state index in [0.717, 1.165) is 6.07 Å². The quantitative estimate of drug-likeness (QED) is 0.866. The number of hydrogen-bond acceptors (Lipinski definition) is 3.